The van der Waals surface area contributed by atoms with Crippen molar-refractivity contribution in [1.82, 2.24) is 5.32 Å². The number of sulfone groups is 1. The maximum absolute atomic E-state index is 11.9. The molecule has 1 aliphatic rings. The highest BCUT2D eigenvalue weighted by Gasteiger charge is 2.26. The summed E-state index contributed by atoms with van der Waals surface area (Å²) in [5, 5.41) is 5.82. The van der Waals surface area contributed by atoms with Gasteiger partial charge in [-0.25, -0.2) is 8.42 Å². The Morgan fingerprint density at radius 2 is 2.16 bits per heavy atom. The van der Waals surface area contributed by atoms with Crippen LogP contribution >= 0.6 is 15.9 Å². The van der Waals surface area contributed by atoms with Crippen LogP contribution in [0.1, 0.15) is 6.42 Å². The van der Waals surface area contributed by atoms with E-state index in [1.165, 1.54) is 0 Å². The number of para-hydroxylation sites is 1. The average Bonchev–Trinajstić information content (AvgIpc) is 2.30. The molecule has 1 aromatic carbocycles. The molecular weight excluding hydrogens is 332 g/mol. The van der Waals surface area contributed by atoms with Gasteiger partial charge in [0.15, 0.2) is 9.84 Å². The summed E-state index contributed by atoms with van der Waals surface area (Å²) in [5.74, 6) is -0.0207. The first-order chi connectivity index (χ1) is 8.96. The van der Waals surface area contributed by atoms with Crippen LogP contribution in [0, 0.1) is 0 Å². The minimum absolute atomic E-state index is 0.0242. The van der Waals surface area contributed by atoms with E-state index in [0.29, 0.717) is 12.2 Å². The summed E-state index contributed by atoms with van der Waals surface area (Å²) in [6.45, 7) is 0.412. The summed E-state index contributed by atoms with van der Waals surface area (Å²) in [6, 6.07) is 6.99. The zero-order chi connectivity index (χ0) is 13.9. The van der Waals surface area contributed by atoms with E-state index in [1.54, 1.807) is 6.07 Å². The van der Waals surface area contributed by atoms with Crippen LogP contribution in [0.15, 0.2) is 28.7 Å². The number of rotatable bonds is 3. The molecule has 1 heterocycles. The van der Waals surface area contributed by atoms with Gasteiger partial charge >= 0.3 is 0 Å². The molecule has 5 nitrogen and oxygen atoms in total. The van der Waals surface area contributed by atoms with Crippen LogP contribution in [0.2, 0.25) is 0 Å². The molecule has 19 heavy (non-hydrogen) atoms. The zero-order valence-corrected chi connectivity index (χ0v) is 12.6. The largest absolute Gasteiger partial charge is 0.325 e. The fourth-order valence-corrected chi connectivity index (χ4v) is 3.81. The molecule has 1 unspecified atom stereocenters. The Morgan fingerprint density at radius 1 is 1.42 bits per heavy atom. The zero-order valence-electron chi connectivity index (χ0n) is 10.2. The lowest BCUT2D eigenvalue weighted by molar-refractivity contribution is -0.116. The molecule has 7 heteroatoms. The topological polar surface area (TPSA) is 75.3 Å². The molecule has 1 atom stereocenters. The van der Waals surface area contributed by atoms with Gasteiger partial charge in [-0.2, -0.15) is 0 Å². The third-order valence-corrected chi connectivity index (χ3v) is 5.31. The van der Waals surface area contributed by atoms with Gasteiger partial charge in [-0.3, -0.25) is 4.79 Å². The number of carbonyl (C=O) groups excluding carboxylic acids is 1. The van der Waals surface area contributed by atoms with E-state index in [0.717, 1.165) is 4.47 Å². The average molecular weight is 347 g/mol. The summed E-state index contributed by atoms with van der Waals surface area (Å²) in [5.41, 5.74) is 0.686. The molecule has 1 amide bonds. The highest BCUT2D eigenvalue weighted by atomic mass is 79.9. The van der Waals surface area contributed by atoms with Crippen molar-refractivity contribution < 1.29 is 13.2 Å². The van der Waals surface area contributed by atoms with Gasteiger partial charge in [-0.05, 0) is 28.1 Å². The molecule has 0 aromatic heterocycles. The van der Waals surface area contributed by atoms with Gasteiger partial charge in [0.2, 0.25) is 5.91 Å². The number of halogens is 1. The molecule has 1 saturated heterocycles. The molecule has 2 N–H and O–H groups in total. The van der Waals surface area contributed by atoms with Crippen molar-refractivity contribution in [3.63, 3.8) is 0 Å². The van der Waals surface area contributed by atoms with Gasteiger partial charge < -0.3 is 10.6 Å². The van der Waals surface area contributed by atoms with Gasteiger partial charge in [0.1, 0.15) is 0 Å². The molecule has 0 radical (unpaired) electrons. The van der Waals surface area contributed by atoms with Crippen molar-refractivity contribution in [2.45, 2.75) is 12.5 Å². The Labute approximate surface area is 120 Å². The molecule has 0 bridgehead atoms. The number of anilines is 1. The van der Waals surface area contributed by atoms with Crippen LogP contribution in [-0.4, -0.2) is 38.4 Å². The number of benzene rings is 1. The van der Waals surface area contributed by atoms with Crippen LogP contribution < -0.4 is 10.6 Å². The lowest BCUT2D eigenvalue weighted by Gasteiger charge is -2.23. The summed E-state index contributed by atoms with van der Waals surface area (Å²) >= 11 is 3.34. The van der Waals surface area contributed by atoms with Crippen LogP contribution in [0.4, 0.5) is 5.69 Å². The third kappa shape index (κ3) is 4.29. The van der Waals surface area contributed by atoms with Gasteiger partial charge in [0.25, 0.3) is 0 Å². The second-order valence-corrected chi connectivity index (χ2v) is 7.58. The van der Waals surface area contributed by atoms with Crippen LogP contribution in [0.25, 0.3) is 0 Å². The molecule has 1 fully saturated rings. The molecule has 1 aliphatic heterocycles. The fraction of sp³-hybridized carbons (Fsp3) is 0.417. The van der Waals surface area contributed by atoms with Gasteiger partial charge in [-0.1, -0.05) is 12.1 Å². The van der Waals surface area contributed by atoms with E-state index in [-0.39, 0.29) is 29.9 Å². The van der Waals surface area contributed by atoms with Crippen molar-refractivity contribution in [2.75, 3.05) is 23.4 Å². The number of hydrogen-bond acceptors (Lipinski definition) is 4. The Morgan fingerprint density at radius 3 is 2.84 bits per heavy atom. The van der Waals surface area contributed by atoms with E-state index in [1.807, 2.05) is 18.2 Å². The smallest absolute Gasteiger partial charge is 0.226 e. The maximum Gasteiger partial charge on any atom is 0.226 e. The first-order valence-electron chi connectivity index (χ1n) is 5.94. The summed E-state index contributed by atoms with van der Waals surface area (Å²) in [4.78, 5) is 11.9. The Kier molecular flexibility index (Phi) is 4.59. The molecule has 2 rings (SSSR count). The predicted octanol–water partition coefficient (Wildman–Crippen LogP) is 1.16. The fourth-order valence-electron chi connectivity index (χ4n) is 1.99. The van der Waals surface area contributed by atoms with Crippen molar-refractivity contribution in [2.24, 2.45) is 0 Å². The predicted molar refractivity (Wildman–Crippen MR) is 77.8 cm³/mol. The lowest BCUT2D eigenvalue weighted by atomic mass is 10.2. The van der Waals surface area contributed by atoms with Crippen LogP contribution in [-0.2, 0) is 14.6 Å². The summed E-state index contributed by atoms with van der Waals surface area (Å²) in [6.07, 6.45) is 0.153. The number of amides is 1. The van der Waals surface area contributed by atoms with Gasteiger partial charge in [-0.15, -0.1) is 0 Å². The second kappa shape index (κ2) is 6.02. The molecule has 0 saturated carbocycles. The SMILES string of the molecule is O=C(CC1CS(=O)(=O)CCN1)Nc1ccccc1Br. The summed E-state index contributed by atoms with van der Waals surface area (Å²) < 4.78 is 23.8. The first kappa shape index (κ1) is 14.5. The molecular formula is C12H15BrN2O3S. The van der Waals surface area contributed by atoms with E-state index < -0.39 is 9.84 Å². The van der Waals surface area contributed by atoms with E-state index in [9.17, 15) is 13.2 Å². The van der Waals surface area contributed by atoms with Crippen LogP contribution in [0.3, 0.4) is 0 Å². The van der Waals surface area contributed by atoms with Crippen molar-refractivity contribution in [3.05, 3.63) is 28.7 Å². The highest BCUT2D eigenvalue weighted by molar-refractivity contribution is 9.10. The quantitative estimate of drug-likeness (QED) is 0.861. The number of carbonyl (C=O) groups is 1. The number of nitrogens with one attached hydrogen (secondary N) is 2. The van der Waals surface area contributed by atoms with Gasteiger partial charge in [0, 0.05) is 23.5 Å². The normalized spacial score (nSPS) is 21.8. The standard InChI is InChI=1S/C12H15BrN2O3S/c13-10-3-1-2-4-11(10)15-12(16)7-9-8-19(17,18)6-5-14-9/h1-4,9,14H,5-8H2,(H,15,16). The lowest BCUT2D eigenvalue weighted by Crippen LogP contribution is -2.46. The van der Waals surface area contributed by atoms with Crippen molar-refractivity contribution >= 4 is 37.4 Å². The van der Waals surface area contributed by atoms with Gasteiger partial charge in [0.05, 0.1) is 17.2 Å². The molecule has 1 aromatic rings. The van der Waals surface area contributed by atoms with Crippen molar-refractivity contribution in [3.8, 4) is 0 Å². The minimum atomic E-state index is -3.01. The maximum atomic E-state index is 11.9. The van der Waals surface area contributed by atoms with E-state index in [4.69, 9.17) is 0 Å². The Hall–Kier alpha value is -0.920. The molecule has 0 aliphatic carbocycles. The summed E-state index contributed by atoms with van der Waals surface area (Å²) in [7, 11) is -3.01. The monoisotopic (exact) mass is 346 g/mol. The molecule has 104 valence electrons. The van der Waals surface area contributed by atoms with E-state index in [2.05, 4.69) is 26.6 Å². The number of hydrogen-bond donors (Lipinski definition) is 2. The highest BCUT2D eigenvalue weighted by Crippen LogP contribution is 2.21. The Balaban J connectivity index is 1.93. The van der Waals surface area contributed by atoms with Crippen molar-refractivity contribution in [1.29, 1.82) is 0 Å². The Bertz CT molecular complexity index is 574. The molecule has 0 spiro atoms. The minimum Gasteiger partial charge on any atom is -0.325 e. The third-order valence-electron chi connectivity index (χ3n) is 2.88. The first-order valence-corrected chi connectivity index (χ1v) is 8.56. The second-order valence-electron chi connectivity index (χ2n) is 4.50. The van der Waals surface area contributed by atoms with Crippen LogP contribution in [0.5, 0.6) is 0 Å². The van der Waals surface area contributed by atoms with E-state index >= 15 is 0 Å².